The molecule has 0 bridgehead atoms. The molecule has 0 amide bonds. The van der Waals surface area contributed by atoms with Crippen molar-refractivity contribution >= 4 is 5.82 Å². The molecule has 0 atom stereocenters. The quantitative estimate of drug-likeness (QED) is 0.770. The summed E-state index contributed by atoms with van der Waals surface area (Å²) in [4.78, 5) is 8.56. The first kappa shape index (κ1) is 12.9. The van der Waals surface area contributed by atoms with Crippen molar-refractivity contribution in [2.75, 3.05) is 18.4 Å². The van der Waals surface area contributed by atoms with E-state index in [2.05, 4.69) is 36.1 Å². The molecule has 0 spiro atoms. The third-order valence-electron chi connectivity index (χ3n) is 2.78. The zero-order valence-electron chi connectivity index (χ0n) is 10.5. The molecule has 0 saturated carbocycles. The van der Waals surface area contributed by atoms with Crippen LogP contribution in [-0.4, -0.2) is 23.1 Å². The summed E-state index contributed by atoms with van der Waals surface area (Å²) >= 11 is 0. The van der Waals surface area contributed by atoms with Gasteiger partial charge in [-0.25, -0.2) is 9.97 Å². The molecule has 0 aliphatic carbocycles. The summed E-state index contributed by atoms with van der Waals surface area (Å²) in [5, 5.41) is 3.34. The molecule has 0 fully saturated rings. The largest absolute Gasteiger partial charge is 0.369 e. The number of rotatable bonds is 6. The van der Waals surface area contributed by atoms with Crippen molar-refractivity contribution in [3.8, 4) is 0 Å². The summed E-state index contributed by atoms with van der Waals surface area (Å²) in [5.74, 6) is 1.70. The number of nitrogens with one attached hydrogen (secondary N) is 1. The predicted molar refractivity (Wildman–Crippen MR) is 67.4 cm³/mol. The third kappa shape index (κ3) is 4.14. The van der Waals surface area contributed by atoms with Gasteiger partial charge in [0.25, 0.3) is 0 Å². The maximum atomic E-state index is 5.47. The van der Waals surface area contributed by atoms with E-state index >= 15 is 0 Å². The van der Waals surface area contributed by atoms with E-state index in [-0.39, 0.29) is 0 Å². The fourth-order valence-corrected chi connectivity index (χ4v) is 1.20. The van der Waals surface area contributed by atoms with Crippen molar-refractivity contribution < 1.29 is 0 Å². The second-order valence-electron chi connectivity index (χ2n) is 4.77. The van der Waals surface area contributed by atoms with Crippen molar-refractivity contribution in [3.63, 3.8) is 0 Å². The number of nitrogens with two attached hydrogens (primary N) is 1. The highest BCUT2D eigenvalue weighted by atomic mass is 15.0. The highest BCUT2D eigenvalue weighted by Crippen LogP contribution is 2.19. The van der Waals surface area contributed by atoms with E-state index < -0.39 is 0 Å². The molecular weight excluding hydrogens is 200 g/mol. The lowest BCUT2D eigenvalue weighted by Crippen LogP contribution is -2.22. The van der Waals surface area contributed by atoms with Crippen molar-refractivity contribution in [1.29, 1.82) is 0 Å². The molecule has 1 aromatic heterocycles. The topological polar surface area (TPSA) is 63.8 Å². The number of nitrogens with zero attached hydrogens (tertiary/aromatic N) is 2. The normalized spacial score (nSPS) is 11.5. The smallest absolute Gasteiger partial charge is 0.131 e. The van der Waals surface area contributed by atoms with Crippen LogP contribution >= 0.6 is 0 Å². The van der Waals surface area contributed by atoms with E-state index in [9.17, 15) is 0 Å². The van der Waals surface area contributed by atoms with Gasteiger partial charge in [-0.1, -0.05) is 20.8 Å². The zero-order valence-corrected chi connectivity index (χ0v) is 10.5. The van der Waals surface area contributed by atoms with Crippen molar-refractivity contribution in [3.05, 3.63) is 18.1 Å². The van der Waals surface area contributed by atoms with Crippen LogP contribution in [0.1, 0.15) is 33.0 Å². The van der Waals surface area contributed by atoms with Crippen LogP contribution in [0.25, 0.3) is 0 Å². The van der Waals surface area contributed by atoms with Crippen LogP contribution in [0, 0.1) is 5.41 Å². The Kier molecular flexibility index (Phi) is 4.68. The molecule has 0 aliphatic rings. The maximum Gasteiger partial charge on any atom is 0.131 e. The van der Waals surface area contributed by atoms with Gasteiger partial charge in [-0.2, -0.15) is 0 Å². The molecule has 0 radical (unpaired) electrons. The summed E-state index contributed by atoms with van der Waals surface area (Å²) in [5.41, 5.74) is 5.77. The molecule has 1 aromatic rings. The van der Waals surface area contributed by atoms with E-state index in [0.717, 1.165) is 31.0 Å². The minimum absolute atomic E-state index is 0.291. The number of anilines is 1. The average molecular weight is 222 g/mol. The van der Waals surface area contributed by atoms with Crippen molar-refractivity contribution in [1.82, 2.24) is 9.97 Å². The zero-order chi connectivity index (χ0) is 12.0. The van der Waals surface area contributed by atoms with Gasteiger partial charge < -0.3 is 11.1 Å². The Bertz CT molecular complexity index is 323. The summed E-state index contributed by atoms with van der Waals surface area (Å²) in [6.07, 6.45) is 3.65. The lowest BCUT2D eigenvalue weighted by atomic mass is 9.90. The van der Waals surface area contributed by atoms with E-state index in [1.165, 1.54) is 0 Å². The standard InChI is InChI=1S/C12H22N4/c1-4-12(2,3)9-15-11-6-8-14-10(16-11)5-7-13/h6,8H,4-5,7,9,13H2,1-3H3,(H,14,15,16). The van der Waals surface area contributed by atoms with Gasteiger partial charge in [-0.15, -0.1) is 0 Å². The average Bonchev–Trinajstić information content (AvgIpc) is 2.28. The first-order valence-corrected chi connectivity index (χ1v) is 5.83. The van der Waals surface area contributed by atoms with E-state index in [0.29, 0.717) is 12.0 Å². The van der Waals surface area contributed by atoms with Crippen LogP contribution in [0.5, 0.6) is 0 Å². The summed E-state index contributed by atoms with van der Waals surface area (Å²) in [7, 11) is 0. The molecule has 0 unspecified atom stereocenters. The minimum Gasteiger partial charge on any atom is -0.369 e. The Morgan fingerprint density at radius 2 is 2.19 bits per heavy atom. The molecule has 0 aliphatic heterocycles. The van der Waals surface area contributed by atoms with E-state index in [4.69, 9.17) is 5.73 Å². The highest BCUT2D eigenvalue weighted by molar-refractivity contribution is 5.33. The molecule has 3 N–H and O–H groups in total. The van der Waals surface area contributed by atoms with Gasteiger partial charge in [0.1, 0.15) is 11.6 Å². The lowest BCUT2D eigenvalue weighted by molar-refractivity contribution is 0.376. The van der Waals surface area contributed by atoms with Gasteiger partial charge in [0.2, 0.25) is 0 Å². The molecule has 4 nitrogen and oxygen atoms in total. The van der Waals surface area contributed by atoms with Gasteiger partial charge in [-0.3, -0.25) is 0 Å². The molecule has 16 heavy (non-hydrogen) atoms. The molecule has 0 saturated heterocycles. The summed E-state index contributed by atoms with van der Waals surface area (Å²) in [6, 6.07) is 1.89. The molecular formula is C12H22N4. The number of hydrogen-bond acceptors (Lipinski definition) is 4. The van der Waals surface area contributed by atoms with Gasteiger partial charge in [0, 0.05) is 19.2 Å². The van der Waals surface area contributed by atoms with Gasteiger partial charge >= 0.3 is 0 Å². The van der Waals surface area contributed by atoms with Gasteiger partial charge in [0.05, 0.1) is 0 Å². The van der Waals surface area contributed by atoms with Gasteiger partial charge in [-0.05, 0) is 24.4 Å². The number of aromatic nitrogens is 2. The predicted octanol–water partition coefficient (Wildman–Crippen LogP) is 1.83. The second-order valence-corrected chi connectivity index (χ2v) is 4.77. The summed E-state index contributed by atoms with van der Waals surface area (Å²) in [6.45, 7) is 8.18. The second kappa shape index (κ2) is 5.80. The molecule has 90 valence electrons. The van der Waals surface area contributed by atoms with Crippen LogP contribution in [0.3, 0.4) is 0 Å². The van der Waals surface area contributed by atoms with Crippen molar-refractivity contribution in [2.24, 2.45) is 11.1 Å². The van der Waals surface area contributed by atoms with Gasteiger partial charge in [0.15, 0.2) is 0 Å². The Hall–Kier alpha value is -1.16. The fraction of sp³-hybridized carbons (Fsp3) is 0.667. The fourth-order valence-electron chi connectivity index (χ4n) is 1.20. The van der Waals surface area contributed by atoms with Crippen LogP contribution < -0.4 is 11.1 Å². The molecule has 4 heteroatoms. The Morgan fingerprint density at radius 1 is 1.44 bits per heavy atom. The van der Waals surface area contributed by atoms with Crippen LogP contribution in [0.4, 0.5) is 5.82 Å². The Labute approximate surface area is 97.7 Å². The van der Waals surface area contributed by atoms with Crippen molar-refractivity contribution in [2.45, 2.75) is 33.6 Å². The van der Waals surface area contributed by atoms with E-state index in [1.807, 2.05) is 6.07 Å². The number of hydrogen-bond donors (Lipinski definition) is 2. The minimum atomic E-state index is 0.291. The highest BCUT2D eigenvalue weighted by Gasteiger charge is 2.14. The lowest BCUT2D eigenvalue weighted by Gasteiger charge is -2.23. The van der Waals surface area contributed by atoms with E-state index in [1.54, 1.807) is 6.20 Å². The van der Waals surface area contributed by atoms with Crippen LogP contribution in [0.15, 0.2) is 12.3 Å². The molecule has 1 heterocycles. The first-order valence-electron chi connectivity index (χ1n) is 5.83. The maximum absolute atomic E-state index is 5.47. The van der Waals surface area contributed by atoms with Crippen LogP contribution in [0.2, 0.25) is 0 Å². The SMILES string of the molecule is CCC(C)(C)CNc1ccnc(CCN)n1. The monoisotopic (exact) mass is 222 g/mol. The molecule has 0 aromatic carbocycles. The first-order chi connectivity index (χ1) is 7.57. The van der Waals surface area contributed by atoms with Crippen LogP contribution in [-0.2, 0) is 6.42 Å². The third-order valence-corrected chi connectivity index (χ3v) is 2.78. The Balaban J connectivity index is 2.57. The Morgan fingerprint density at radius 3 is 2.81 bits per heavy atom. The molecule has 1 rings (SSSR count). The summed E-state index contributed by atoms with van der Waals surface area (Å²) < 4.78 is 0.